The Morgan fingerprint density at radius 3 is 2.45 bits per heavy atom. The number of nitrogens with zero attached hydrogens (tertiary/aromatic N) is 2. The third-order valence-electron chi connectivity index (χ3n) is 8.79. The van der Waals surface area contributed by atoms with E-state index >= 15 is 4.79 Å². The molecule has 2 N–H and O–H groups in total. The molecular weight excluding hydrogens is 683 g/mol. The molecule has 2 unspecified atom stereocenters. The number of likely N-dealkylation sites (tertiary alicyclic amines) is 1. The van der Waals surface area contributed by atoms with E-state index in [9.17, 15) is 31.5 Å². The summed E-state index contributed by atoms with van der Waals surface area (Å²) in [6.07, 6.45) is -4.85. The first-order chi connectivity index (χ1) is 22.0. The minimum absolute atomic E-state index is 0.0481. The van der Waals surface area contributed by atoms with Gasteiger partial charge in [0.25, 0.3) is 15.9 Å². The fourth-order valence-electron chi connectivity index (χ4n) is 6.88. The predicted molar refractivity (Wildman–Crippen MR) is 169 cm³/mol. The molecule has 1 fully saturated rings. The number of methoxy groups -OCH3 is 1. The molecule has 2 heterocycles. The van der Waals surface area contributed by atoms with Crippen LogP contribution >= 0.6 is 23.4 Å². The van der Waals surface area contributed by atoms with Gasteiger partial charge in [-0.2, -0.15) is 4.31 Å². The van der Waals surface area contributed by atoms with E-state index in [1.54, 1.807) is 38.4 Å². The predicted octanol–water partition coefficient (Wildman–Crippen LogP) is 4.58. The molecule has 0 radical (unpaired) electrons. The number of rotatable bonds is 8. The molecule has 0 aromatic heterocycles. The van der Waals surface area contributed by atoms with Gasteiger partial charge in [-0.15, -0.1) is 24.9 Å². The molecule has 2 aliphatic heterocycles. The number of thioether (sulfide) groups is 1. The van der Waals surface area contributed by atoms with Crippen LogP contribution in [0.15, 0.2) is 64.4 Å². The Kier molecular flexibility index (Phi) is 9.03. The quantitative estimate of drug-likeness (QED) is 0.257. The Labute approximate surface area is 279 Å². The molecule has 4 atom stereocenters. The highest BCUT2D eigenvalue weighted by molar-refractivity contribution is 7.98. The number of ether oxygens (including phenoxy) is 2. The zero-order chi connectivity index (χ0) is 34.7. The first-order valence-electron chi connectivity index (χ1n) is 14.2. The number of amides is 2. The molecule has 16 heteroatoms. The number of hydrogen-bond acceptors (Lipinski definition) is 8. The van der Waals surface area contributed by atoms with Gasteiger partial charge in [-0.25, -0.2) is 8.42 Å². The summed E-state index contributed by atoms with van der Waals surface area (Å²) in [6.45, 7) is 1.55. The molecule has 0 bridgehead atoms. The summed E-state index contributed by atoms with van der Waals surface area (Å²) in [5, 5.41) is 13.7. The minimum Gasteiger partial charge on any atom is -0.496 e. The van der Waals surface area contributed by atoms with Gasteiger partial charge < -0.3 is 19.9 Å². The molecule has 5 rings (SSSR count). The lowest BCUT2D eigenvalue weighted by Crippen LogP contribution is -2.69. The Morgan fingerprint density at radius 2 is 1.83 bits per heavy atom. The molecule has 0 aliphatic carbocycles. The zero-order valence-corrected chi connectivity index (χ0v) is 28.3. The third-order valence-corrected chi connectivity index (χ3v) is 11.5. The normalized spacial score (nSPS) is 24.3. The van der Waals surface area contributed by atoms with Gasteiger partial charge in [0, 0.05) is 23.4 Å². The molecule has 1 saturated heterocycles. The van der Waals surface area contributed by atoms with Crippen molar-refractivity contribution in [1.82, 2.24) is 5.32 Å². The monoisotopic (exact) mass is 714 g/mol. The second-order valence-corrected chi connectivity index (χ2v) is 14.6. The average molecular weight is 715 g/mol. The lowest BCUT2D eigenvalue weighted by atomic mass is 9.78. The van der Waals surface area contributed by atoms with Gasteiger partial charge in [-0.05, 0) is 61.7 Å². The van der Waals surface area contributed by atoms with E-state index in [2.05, 4.69) is 10.1 Å². The standard InChI is InChI=1S/C31H31ClF3N3O7S2/c1-17-6-10-25(44-4)22(12-17)30(38(3)16-19(39)14-24(38)28(40)36-2)21-13-18(32)7-9-23(21)37(29(30)41)47(42,43)27-11-8-20(46-5)15-26(27)45-31(33,34)35/h6-13,15,19,24,39H,14,16H2,1-5H3/p+1/t19-,24+,30?,38?/m1/s1. The summed E-state index contributed by atoms with van der Waals surface area (Å²) in [6, 6.07) is 11.0. The van der Waals surface area contributed by atoms with Crippen LogP contribution in [0.5, 0.6) is 11.5 Å². The maximum atomic E-state index is 15.4. The van der Waals surface area contributed by atoms with Crippen molar-refractivity contribution >= 4 is 50.9 Å². The summed E-state index contributed by atoms with van der Waals surface area (Å²) in [5.74, 6) is -2.51. The smallest absolute Gasteiger partial charge is 0.496 e. The summed E-state index contributed by atoms with van der Waals surface area (Å²) in [5.41, 5.74) is -1.46. The molecule has 47 heavy (non-hydrogen) atoms. The van der Waals surface area contributed by atoms with Gasteiger partial charge in [-0.3, -0.25) is 14.1 Å². The Morgan fingerprint density at radius 1 is 1.13 bits per heavy atom. The number of nitrogens with one attached hydrogen (secondary N) is 1. The number of halogens is 4. The number of aliphatic hydroxyl groups excluding tert-OH is 1. The van der Waals surface area contributed by atoms with Crippen molar-refractivity contribution in [3.63, 3.8) is 0 Å². The van der Waals surface area contributed by atoms with E-state index in [0.717, 1.165) is 23.9 Å². The van der Waals surface area contributed by atoms with Gasteiger partial charge in [0.1, 0.15) is 23.3 Å². The number of anilines is 1. The van der Waals surface area contributed by atoms with Crippen LogP contribution in [-0.2, 0) is 25.2 Å². The Bertz CT molecular complexity index is 1880. The highest BCUT2D eigenvalue weighted by Gasteiger charge is 2.72. The van der Waals surface area contributed by atoms with E-state index in [1.807, 2.05) is 0 Å². The maximum Gasteiger partial charge on any atom is 0.573 e. The van der Waals surface area contributed by atoms with Crippen LogP contribution in [0.2, 0.25) is 5.02 Å². The molecule has 2 aliphatic rings. The molecule has 10 nitrogen and oxygen atoms in total. The number of likely N-dealkylation sites (N-methyl/N-ethyl adjacent to an activating group) is 2. The topological polar surface area (TPSA) is 122 Å². The fraction of sp³-hybridized carbons (Fsp3) is 0.355. The van der Waals surface area contributed by atoms with Crippen LogP contribution in [0.1, 0.15) is 23.1 Å². The number of alkyl halides is 3. The van der Waals surface area contributed by atoms with E-state index in [-0.39, 0.29) is 45.4 Å². The van der Waals surface area contributed by atoms with Crippen molar-refractivity contribution in [1.29, 1.82) is 0 Å². The highest BCUT2D eigenvalue weighted by atomic mass is 35.5. The van der Waals surface area contributed by atoms with Gasteiger partial charge >= 0.3 is 12.3 Å². The minimum atomic E-state index is -5.26. The molecular formula is C31H32ClF3N3O7S2+. The van der Waals surface area contributed by atoms with Crippen LogP contribution < -0.4 is 19.1 Å². The van der Waals surface area contributed by atoms with Crippen molar-refractivity contribution in [3.8, 4) is 11.5 Å². The van der Waals surface area contributed by atoms with E-state index < -0.39 is 61.0 Å². The number of hydrogen-bond donors (Lipinski definition) is 2. The van der Waals surface area contributed by atoms with E-state index in [0.29, 0.717) is 9.87 Å². The Balaban J connectivity index is 1.91. The largest absolute Gasteiger partial charge is 0.573 e. The molecule has 2 amide bonds. The second-order valence-electron chi connectivity index (χ2n) is 11.5. The molecule has 3 aromatic carbocycles. The number of aryl methyl sites for hydroxylation is 1. The number of aliphatic hydroxyl groups is 1. The van der Waals surface area contributed by atoms with E-state index in [4.69, 9.17) is 16.3 Å². The van der Waals surface area contributed by atoms with Crippen molar-refractivity contribution < 1.29 is 50.2 Å². The van der Waals surface area contributed by atoms with Crippen molar-refractivity contribution in [3.05, 3.63) is 76.3 Å². The zero-order valence-electron chi connectivity index (χ0n) is 25.9. The number of quaternary nitrogens is 1. The fourth-order valence-corrected chi connectivity index (χ4v) is 9.04. The SMILES string of the molecule is CNC(=O)[C@@H]1C[C@@H](O)C[N+]1(C)C1(c2cc(C)ccc2OC)C(=O)N(S(=O)(=O)c2ccc(SC)cc2OC(F)(F)F)c2ccc(Cl)cc21. The lowest BCUT2D eigenvalue weighted by molar-refractivity contribution is -0.953. The summed E-state index contributed by atoms with van der Waals surface area (Å²) < 4.78 is 79.9. The van der Waals surface area contributed by atoms with Crippen molar-refractivity contribution in [2.45, 2.75) is 47.2 Å². The molecule has 0 saturated carbocycles. The average Bonchev–Trinajstić information content (AvgIpc) is 3.46. The highest BCUT2D eigenvalue weighted by Crippen LogP contribution is 2.58. The van der Waals surface area contributed by atoms with E-state index in [1.165, 1.54) is 38.4 Å². The molecule has 3 aromatic rings. The molecule has 252 valence electrons. The van der Waals surface area contributed by atoms with Crippen LogP contribution in [0.3, 0.4) is 0 Å². The van der Waals surface area contributed by atoms with Crippen LogP contribution in [-0.4, -0.2) is 82.3 Å². The lowest BCUT2D eigenvalue weighted by Gasteiger charge is -2.48. The van der Waals surface area contributed by atoms with Crippen molar-refractivity contribution in [2.75, 3.05) is 38.3 Å². The van der Waals surface area contributed by atoms with Crippen LogP contribution in [0, 0.1) is 6.92 Å². The van der Waals surface area contributed by atoms with Gasteiger partial charge in [0.15, 0.2) is 11.8 Å². The summed E-state index contributed by atoms with van der Waals surface area (Å²) in [4.78, 5) is 28.3. The number of benzene rings is 3. The number of fused-ring (bicyclic) bond motifs is 1. The van der Waals surface area contributed by atoms with Gasteiger partial charge in [0.05, 0.1) is 31.0 Å². The first-order valence-corrected chi connectivity index (χ1v) is 17.2. The number of carbonyl (C=O) groups excluding carboxylic acids is 2. The van der Waals surface area contributed by atoms with Crippen LogP contribution in [0.4, 0.5) is 18.9 Å². The van der Waals surface area contributed by atoms with Gasteiger partial charge in [-0.1, -0.05) is 23.2 Å². The Hall–Kier alpha value is -3.50. The second kappa shape index (κ2) is 12.2. The maximum absolute atomic E-state index is 15.4. The van der Waals surface area contributed by atoms with Crippen molar-refractivity contribution in [2.24, 2.45) is 0 Å². The summed E-state index contributed by atoms with van der Waals surface area (Å²) in [7, 11) is -0.856. The number of sulfonamides is 1. The summed E-state index contributed by atoms with van der Waals surface area (Å²) >= 11 is 7.57. The van der Waals surface area contributed by atoms with Gasteiger partial charge in [0.2, 0.25) is 5.54 Å². The number of carbonyl (C=O) groups is 2. The molecule has 0 spiro atoms. The van der Waals surface area contributed by atoms with Crippen LogP contribution in [0.25, 0.3) is 0 Å². The first kappa shape index (κ1) is 34.8. The third kappa shape index (κ3) is 5.51.